The van der Waals surface area contributed by atoms with E-state index in [2.05, 4.69) is 0 Å². The Kier molecular flexibility index (Phi) is 8.83. The van der Waals surface area contributed by atoms with E-state index in [1.54, 1.807) is 0 Å². The molecule has 0 aliphatic rings. The van der Waals surface area contributed by atoms with Crippen LogP contribution in [0.2, 0.25) is 0 Å². The molecule has 1 nitrogen and oxygen atoms in total. The Hall–Kier alpha value is -0.630. The first-order valence-corrected chi connectivity index (χ1v) is 3.61. The Morgan fingerprint density at radius 1 is 1.00 bits per heavy atom. The van der Waals surface area contributed by atoms with Crippen molar-refractivity contribution in [2.75, 3.05) is 5.73 Å². The van der Waals surface area contributed by atoms with Crippen LogP contribution in [0.15, 0.2) is 24.3 Å². The highest BCUT2D eigenvalue weighted by Crippen LogP contribution is 2.02. The lowest BCUT2D eigenvalue weighted by molar-refractivity contribution is 1.47. The van der Waals surface area contributed by atoms with Crippen LogP contribution in [0.3, 0.4) is 0 Å². The fraction of sp³-hybridized carbons (Fsp3) is 0.333. The highest BCUT2D eigenvalue weighted by atomic mass is 32.1. The van der Waals surface area contributed by atoms with Gasteiger partial charge < -0.3 is 5.73 Å². The molecule has 0 saturated heterocycles. The van der Waals surface area contributed by atoms with Crippen molar-refractivity contribution in [3.05, 3.63) is 29.8 Å². The second kappa shape index (κ2) is 7.48. The van der Waals surface area contributed by atoms with Crippen LogP contribution in [-0.4, -0.2) is 0 Å². The standard InChI is InChI=1S/C7H9N.C2H6.H2S/c1-6-2-4-7(8)5-3-6;1-2;/h2-5H,8H2,1H3;1-2H3;1H2. The first-order chi connectivity index (χ1) is 4.79. The third-order valence-corrected chi connectivity index (χ3v) is 1.08. The van der Waals surface area contributed by atoms with Gasteiger partial charge in [0.1, 0.15) is 0 Å². The predicted octanol–water partition coefficient (Wildman–Crippen LogP) is 2.72. The molecule has 2 heteroatoms. The Morgan fingerprint density at radius 3 is 1.64 bits per heavy atom. The monoisotopic (exact) mass is 171 g/mol. The Bertz CT molecular complexity index is 148. The molecule has 0 aliphatic heterocycles. The summed E-state index contributed by atoms with van der Waals surface area (Å²) < 4.78 is 0. The molecule has 1 aromatic carbocycles. The second-order valence-corrected chi connectivity index (χ2v) is 1.91. The Labute approximate surface area is 76.1 Å². The smallest absolute Gasteiger partial charge is 0.0314 e. The van der Waals surface area contributed by atoms with E-state index in [0.29, 0.717) is 0 Å². The van der Waals surface area contributed by atoms with Gasteiger partial charge in [0.05, 0.1) is 0 Å². The molecule has 64 valence electrons. The van der Waals surface area contributed by atoms with Gasteiger partial charge in [-0.2, -0.15) is 13.5 Å². The summed E-state index contributed by atoms with van der Waals surface area (Å²) in [4.78, 5) is 0. The molecule has 0 aromatic heterocycles. The summed E-state index contributed by atoms with van der Waals surface area (Å²) in [6.45, 7) is 6.04. The number of anilines is 1. The van der Waals surface area contributed by atoms with Gasteiger partial charge in [-0.3, -0.25) is 0 Å². The molecule has 1 aromatic rings. The van der Waals surface area contributed by atoms with Crippen LogP contribution >= 0.6 is 13.5 Å². The molecule has 1 rings (SSSR count). The van der Waals surface area contributed by atoms with Crippen molar-refractivity contribution in [2.24, 2.45) is 0 Å². The van der Waals surface area contributed by atoms with Gasteiger partial charge in [0.15, 0.2) is 0 Å². The fourth-order valence-corrected chi connectivity index (χ4v) is 0.566. The van der Waals surface area contributed by atoms with Gasteiger partial charge in [0.2, 0.25) is 0 Å². The molecule has 0 saturated carbocycles. The topological polar surface area (TPSA) is 26.0 Å². The number of nitrogen functional groups attached to an aromatic ring is 1. The van der Waals surface area contributed by atoms with Gasteiger partial charge in [-0.15, -0.1) is 0 Å². The number of hydrogen-bond acceptors (Lipinski definition) is 1. The maximum Gasteiger partial charge on any atom is 0.0314 e. The van der Waals surface area contributed by atoms with E-state index in [-0.39, 0.29) is 13.5 Å². The normalized spacial score (nSPS) is 7.18. The molecule has 0 aliphatic carbocycles. The molecule has 0 spiro atoms. The predicted molar refractivity (Wildman–Crippen MR) is 57.3 cm³/mol. The second-order valence-electron chi connectivity index (χ2n) is 1.91. The SMILES string of the molecule is CC.Cc1ccc(N)cc1.S. The molecule has 0 fully saturated rings. The maximum atomic E-state index is 5.43. The molecular weight excluding hydrogens is 154 g/mol. The summed E-state index contributed by atoms with van der Waals surface area (Å²) >= 11 is 0. The number of aryl methyl sites for hydroxylation is 1. The van der Waals surface area contributed by atoms with E-state index >= 15 is 0 Å². The van der Waals surface area contributed by atoms with E-state index in [1.165, 1.54) is 5.56 Å². The Balaban J connectivity index is 0. The van der Waals surface area contributed by atoms with E-state index in [1.807, 2.05) is 45.0 Å². The number of benzene rings is 1. The first kappa shape index (κ1) is 13.0. The highest BCUT2D eigenvalue weighted by molar-refractivity contribution is 7.59. The highest BCUT2D eigenvalue weighted by Gasteiger charge is 1.80. The molecular formula is C9H17NS. The van der Waals surface area contributed by atoms with E-state index in [9.17, 15) is 0 Å². The van der Waals surface area contributed by atoms with Crippen LogP contribution in [0.4, 0.5) is 5.69 Å². The van der Waals surface area contributed by atoms with Gasteiger partial charge in [0.25, 0.3) is 0 Å². The lowest BCUT2D eigenvalue weighted by Gasteiger charge is -1.90. The molecule has 0 amide bonds. The summed E-state index contributed by atoms with van der Waals surface area (Å²) in [5, 5.41) is 0. The molecule has 0 unspecified atom stereocenters. The fourth-order valence-electron chi connectivity index (χ4n) is 0.566. The summed E-state index contributed by atoms with van der Waals surface area (Å²) in [5.74, 6) is 0. The minimum atomic E-state index is 0. The van der Waals surface area contributed by atoms with Crippen LogP contribution in [0.1, 0.15) is 19.4 Å². The van der Waals surface area contributed by atoms with Crippen LogP contribution in [0.25, 0.3) is 0 Å². The van der Waals surface area contributed by atoms with Crippen molar-refractivity contribution in [3.63, 3.8) is 0 Å². The third kappa shape index (κ3) is 5.80. The average Bonchev–Trinajstić information content (AvgIpc) is 2.00. The minimum absolute atomic E-state index is 0. The lowest BCUT2D eigenvalue weighted by atomic mass is 10.2. The molecule has 0 radical (unpaired) electrons. The minimum Gasteiger partial charge on any atom is -0.399 e. The number of hydrogen-bond donors (Lipinski definition) is 1. The van der Waals surface area contributed by atoms with E-state index < -0.39 is 0 Å². The van der Waals surface area contributed by atoms with Crippen molar-refractivity contribution < 1.29 is 0 Å². The quantitative estimate of drug-likeness (QED) is 0.597. The van der Waals surface area contributed by atoms with Gasteiger partial charge in [-0.05, 0) is 19.1 Å². The average molecular weight is 171 g/mol. The van der Waals surface area contributed by atoms with Gasteiger partial charge in [-0.1, -0.05) is 31.5 Å². The molecule has 0 atom stereocenters. The van der Waals surface area contributed by atoms with Crippen molar-refractivity contribution >= 4 is 19.2 Å². The lowest BCUT2D eigenvalue weighted by Crippen LogP contribution is -1.81. The van der Waals surface area contributed by atoms with Crippen LogP contribution in [-0.2, 0) is 0 Å². The van der Waals surface area contributed by atoms with Crippen molar-refractivity contribution in [2.45, 2.75) is 20.8 Å². The maximum absolute atomic E-state index is 5.43. The van der Waals surface area contributed by atoms with Crippen molar-refractivity contribution in [3.8, 4) is 0 Å². The number of nitrogens with two attached hydrogens (primary N) is 1. The van der Waals surface area contributed by atoms with E-state index in [4.69, 9.17) is 5.73 Å². The zero-order valence-electron chi connectivity index (χ0n) is 7.39. The molecule has 11 heavy (non-hydrogen) atoms. The zero-order valence-corrected chi connectivity index (χ0v) is 8.39. The molecule has 0 heterocycles. The number of rotatable bonds is 0. The molecule has 0 bridgehead atoms. The van der Waals surface area contributed by atoms with Crippen LogP contribution in [0.5, 0.6) is 0 Å². The summed E-state index contributed by atoms with van der Waals surface area (Å²) in [5.41, 5.74) is 7.51. The summed E-state index contributed by atoms with van der Waals surface area (Å²) in [6, 6.07) is 7.79. The summed E-state index contributed by atoms with van der Waals surface area (Å²) in [7, 11) is 0. The van der Waals surface area contributed by atoms with Crippen molar-refractivity contribution in [1.29, 1.82) is 0 Å². The van der Waals surface area contributed by atoms with Gasteiger partial charge in [-0.25, -0.2) is 0 Å². The molecule has 2 N–H and O–H groups in total. The van der Waals surface area contributed by atoms with Crippen molar-refractivity contribution in [1.82, 2.24) is 0 Å². The Morgan fingerprint density at radius 2 is 1.36 bits per heavy atom. The van der Waals surface area contributed by atoms with E-state index in [0.717, 1.165) is 5.69 Å². The largest absolute Gasteiger partial charge is 0.399 e. The van der Waals surface area contributed by atoms with Gasteiger partial charge >= 0.3 is 0 Å². The zero-order chi connectivity index (χ0) is 7.98. The summed E-state index contributed by atoms with van der Waals surface area (Å²) in [6.07, 6.45) is 0. The van der Waals surface area contributed by atoms with Crippen LogP contribution < -0.4 is 5.73 Å². The first-order valence-electron chi connectivity index (χ1n) is 3.61. The van der Waals surface area contributed by atoms with Crippen LogP contribution in [0, 0.1) is 6.92 Å². The van der Waals surface area contributed by atoms with Gasteiger partial charge in [0, 0.05) is 5.69 Å². The third-order valence-electron chi connectivity index (χ3n) is 1.08.